The lowest BCUT2D eigenvalue weighted by atomic mass is 9.69. The van der Waals surface area contributed by atoms with Crippen LogP contribution in [-0.2, 0) is 31.0 Å². The van der Waals surface area contributed by atoms with Gasteiger partial charge in [0.25, 0.3) is 5.91 Å². The van der Waals surface area contributed by atoms with Gasteiger partial charge in [0.15, 0.2) is 0 Å². The van der Waals surface area contributed by atoms with Crippen molar-refractivity contribution in [3.8, 4) is 0 Å². The number of aliphatic hydroxyl groups excluding tert-OH is 4. The molecule has 2 aliphatic carbocycles. The van der Waals surface area contributed by atoms with Gasteiger partial charge >= 0.3 is 0 Å². The lowest BCUT2D eigenvalue weighted by Gasteiger charge is -2.42. The first-order valence-corrected chi connectivity index (χ1v) is 15.7. The van der Waals surface area contributed by atoms with Crippen molar-refractivity contribution in [3.05, 3.63) is 35.9 Å². The fourth-order valence-corrected chi connectivity index (χ4v) is 10.4. The lowest BCUT2D eigenvalue weighted by Crippen LogP contribution is -2.60. The van der Waals surface area contributed by atoms with E-state index in [1.165, 1.54) is 0 Å². The smallest absolute Gasteiger partial charge is 0.256 e. The van der Waals surface area contributed by atoms with E-state index in [1.807, 2.05) is 30.3 Å². The molecule has 10 atom stereocenters. The third-order valence-electron chi connectivity index (χ3n) is 10.4. The second-order valence-electron chi connectivity index (χ2n) is 12.7. The van der Waals surface area contributed by atoms with Crippen LogP contribution in [0, 0.1) is 22.7 Å². The van der Waals surface area contributed by atoms with Gasteiger partial charge in [-0.2, -0.15) is 5.48 Å². The topological polar surface area (TPSA) is 166 Å². The number of aliphatic hydroxyl groups is 4. The first kappa shape index (κ1) is 29.8. The highest BCUT2D eigenvalue weighted by atomic mass is 32.2. The molecule has 12 heteroatoms. The zero-order valence-corrected chi connectivity index (χ0v) is 24.0. The van der Waals surface area contributed by atoms with Crippen molar-refractivity contribution in [2.75, 3.05) is 12.4 Å². The molecule has 1 spiro atoms. The summed E-state index contributed by atoms with van der Waals surface area (Å²) < 4.78 is 34.0. The number of rotatable bonds is 9. The van der Waals surface area contributed by atoms with Gasteiger partial charge < -0.3 is 25.2 Å². The average Bonchev–Trinajstić information content (AvgIpc) is 3.39. The zero-order chi connectivity index (χ0) is 29.0. The number of nitrogens with one attached hydrogen (secondary N) is 1. The van der Waals surface area contributed by atoms with E-state index in [2.05, 4.69) is 19.3 Å². The van der Waals surface area contributed by atoms with E-state index in [1.54, 1.807) is 6.92 Å². The Labute approximate surface area is 235 Å². The second kappa shape index (κ2) is 10.9. The number of ether oxygens (including phenoxy) is 1. The van der Waals surface area contributed by atoms with Crippen LogP contribution < -0.4 is 5.48 Å². The summed E-state index contributed by atoms with van der Waals surface area (Å²) >= 11 is 0. The van der Waals surface area contributed by atoms with Crippen LogP contribution in [0.3, 0.4) is 0 Å². The molecule has 5 rings (SSSR count). The van der Waals surface area contributed by atoms with Gasteiger partial charge in [-0.15, -0.1) is 0 Å². The number of hydroxylamine groups is 1. The van der Waals surface area contributed by atoms with E-state index < -0.39 is 76.5 Å². The molecule has 4 aliphatic rings. The van der Waals surface area contributed by atoms with Crippen molar-refractivity contribution in [2.24, 2.45) is 22.7 Å². The number of sulfonamides is 1. The van der Waals surface area contributed by atoms with Gasteiger partial charge in [0, 0.05) is 5.41 Å². The van der Waals surface area contributed by atoms with Crippen molar-refractivity contribution in [1.82, 2.24) is 9.79 Å². The van der Waals surface area contributed by atoms with Crippen LogP contribution in [0.4, 0.5) is 0 Å². The molecule has 0 radical (unpaired) electrons. The summed E-state index contributed by atoms with van der Waals surface area (Å²) in [6.45, 7) is 5.52. The molecule has 1 aromatic carbocycles. The molecule has 40 heavy (non-hydrogen) atoms. The van der Waals surface area contributed by atoms with Crippen LogP contribution >= 0.6 is 0 Å². The molecule has 11 nitrogen and oxygen atoms in total. The number of carbonyl (C=O) groups is 1. The molecule has 2 saturated carbocycles. The van der Waals surface area contributed by atoms with Crippen LogP contribution in [0.2, 0.25) is 0 Å². The second-order valence-corrected chi connectivity index (χ2v) is 14.6. The molecule has 0 aromatic heterocycles. The highest BCUT2D eigenvalue weighted by Crippen LogP contribution is 2.70. The third kappa shape index (κ3) is 4.80. The molecular formula is C28H42N2O9S. The molecule has 2 heterocycles. The van der Waals surface area contributed by atoms with Gasteiger partial charge in [-0.25, -0.2) is 12.7 Å². The van der Waals surface area contributed by atoms with Gasteiger partial charge in [-0.3, -0.25) is 9.63 Å². The van der Waals surface area contributed by atoms with E-state index in [-0.39, 0.29) is 24.2 Å². The number of fused-ring (bicyclic) bond motifs is 1. The molecule has 0 unspecified atom stereocenters. The predicted molar refractivity (Wildman–Crippen MR) is 144 cm³/mol. The molecule has 5 N–H and O–H groups in total. The van der Waals surface area contributed by atoms with Gasteiger partial charge in [0.2, 0.25) is 10.0 Å². The van der Waals surface area contributed by atoms with Crippen molar-refractivity contribution in [3.63, 3.8) is 0 Å². The van der Waals surface area contributed by atoms with E-state index in [9.17, 15) is 33.6 Å². The minimum absolute atomic E-state index is 0.0252. The van der Waals surface area contributed by atoms with Gasteiger partial charge in [-0.1, -0.05) is 51.1 Å². The lowest BCUT2D eigenvalue weighted by molar-refractivity contribution is -0.233. The maximum Gasteiger partial charge on any atom is 0.256 e. The van der Waals surface area contributed by atoms with Crippen LogP contribution in [0.25, 0.3) is 0 Å². The summed E-state index contributed by atoms with van der Waals surface area (Å²) in [6, 6.07) is 7.78. The molecule has 2 saturated heterocycles. The SMILES string of the molecule is C[C@H](C[C@@H]1O[C@H](CO)[C@@H](O)[C@H](O)[C@H]1O)[C@H](NOCc1ccccc1)C(=O)N1[C@@H]2C[C@H]3CC[C@]2(CS1(=O)=O)C3(C)C. The Balaban J connectivity index is 1.39. The average molecular weight is 583 g/mol. The van der Waals surface area contributed by atoms with Crippen molar-refractivity contribution in [2.45, 2.75) is 95.7 Å². The van der Waals surface area contributed by atoms with Crippen molar-refractivity contribution >= 4 is 15.9 Å². The molecule has 1 amide bonds. The quantitative estimate of drug-likeness (QED) is 0.256. The number of benzene rings is 1. The summed E-state index contributed by atoms with van der Waals surface area (Å²) in [7, 11) is -3.89. The number of hydrogen-bond donors (Lipinski definition) is 5. The number of amides is 1. The summed E-state index contributed by atoms with van der Waals surface area (Å²) in [6.07, 6.45) is -4.22. The molecule has 1 aromatic rings. The number of carbonyl (C=O) groups excluding carboxylic acids is 1. The largest absolute Gasteiger partial charge is 0.394 e. The Hall–Kier alpha value is -1.64. The highest BCUT2D eigenvalue weighted by molar-refractivity contribution is 7.90. The van der Waals surface area contributed by atoms with E-state index >= 15 is 0 Å². The van der Waals surface area contributed by atoms with Gasteiger partial charge in [0.1, 0.15) is 30.5 Å². The number of hydrogen-bond acceptors (Lipinski definition) is 10. The number of nitrogens with zero attached hydrogens (tertiary/aromatic N) is 1. The Bertz CT molecular complexity index is 1180. The normalized spacial score (nSPS) is 39.2. The first-order chi connectivity index (χ1) is 18.8. The molecule has 4 fully saturated rings. The maximum atomic E-state index is 14.2. The minimum atomic E-state index is -3.89. The van der Waals surface area contributed by atoms with Gasteiger partial charge in [-0.05, 0) is 48.5 Å². The van der Waals surface area contributed by atoms with Crippen LogP contribution in [0.1, 0.15) is 52.0 Å². The first-order valence-electron chi connectivity index (χ1n) is 14.1. The summed E-state index contributed by atoms with van der Waals surface area (Å²) in [5.41, 5.74) is 2.99. The van der Waals surface area contributed by atoms with E-state index in [4.69, 9.17) is 9.57 Å². The third-order valence-corrected chi connectivity index (χ3v) is 12.3. The molecular weight excluding hydrogens is 540 g/mol. The highest BCUT2D eigenvalue weighted by Gasteiger charge is 2.72. The standard InChI is InChI=1S/C28H42N2O9S/c1-16(11-19-23(32)25(34)24(33)20(13-31)39-19)22(29-38-14-17-7-5-4-6-8-17)26(35)30-21-12-18-9-10-28(21,27(18,2)3)15-40(30,36)37/h4-8,16,18-25,29,31-34H,9-15H2,1-3H3/t16-,18-,19+,20-,21-,22+,23+,24-,25-,28-/m1/s1. The van der Waals surface area contributed by atoms with Crippen molar-refractivity contribution in [1.29, 1.82) is 0 Å². The van der Waals surface area contributed by atoms with Crippen LogP contribution in [-0.4, -0.2) is 94.0 Å². The summed E-state index contributed by atoms with van der Waals surface area (Å²) in [5.74, 6) is -0.951. The van der Waals surface area contributed by atoms with Gasteiger partial charge in [0.05, 0.1) is 31.1 Å². The van der Waals surface area contributed by atoms with E-state index in [0.29, 0.717) is 12.3 Å². The Morgan fingerprint density at radius 1 is 1.15 bits per heavy atom. The summed E-state index contributed by atoms with van der Waals surface area (Å²) in [4.78, 5) is 19.9. The van der Waals surface area contributed by atoms with Crippen molar-refractivity contribution < 1.29 is 43.2 Å². The monoisotopic (exact) mass is 582 g/mol. The Morgan fingerprint density at radius 3 is 2.48 bits per heavy atom. The zero-order valence-electron chi connectivity index (χ0n) is 23.2. The maximum absolute atomic E-state index is 14.2. The Morgan fingerprint density at radius 2 is 1.82 bits per heavy atom. The molecule has 2 bridgehead atoms. The Kier molecular flexibility index (Phi) is 8.12. The molecule has 224 valence electrons. The minimum Gasteiger partial charge on any atom is -0.394 e. The fourth-order valence-electron chi connectivity index (χ4n) is 7.79. The summed E-state index contributed by atoms with van der Waals surface area (Å²) in [5, 5.41) is 40.6. The van der Waals surface area contributed by atoms with E-state index in [0.717, 1.165) is 22.7 Å². The molecule has 2 aliphatic heterocycles. The fraction of sp³-hybridized carbons (Fsp3) is 0.750. The van der Waals surface area contributed by atoms with Crippen LogP contribution in [0.15, 0.2) is 30.3 Å². The van der Waals surface area contributed by atoms with Crippen LogP contribution in [0.5, 0.6) is 0 Å². The predicted octanol–water partition coefficient (Wildman–Crippen LogP) is 0.312.